The van der Waals surface area contributed by atoms with Gasteiger partial charge < -0.3 is 19.9 Å². The smallest absolute Gasteiger partial charge is 0.162 e. The summed E-state index contributed by atoms with van der Waals surface area (Å²) in [6, 6.07) is 0.302. The van der Waals surface area contributed by atoms with Crippen LogP contribution in [-0.2, 0) is 9.47 Å². The van der Waals surface area contributed by atoms with E-state index in [9.17, 15) is 0 Å². The van der Waals surface area contributed by atoms with E-state index in [1.807, 2.05) is 13.8 Å². The van der Waals surface area contributed by atoms with Crippen molar-refractivity contribution in [1.29, 1.82) is 0 Å². The molecule has 1 aliphatic carbocycles. The van der Waals surface area contributed by atoms with Crippen molar-refractivity contribution in [2.45, 2.75) is 44.6 Å². The Morgan fingerprint density at radius 2 is 1.87 bits per heavy atom. The lowest BCUT2D eigenvalue weighted by molar-refractivity contribution is -0.253. The third-order valence-electron chi connectivity index (χ3n) is 3.17. The first-order chi connectivity index (χ1) is 7.05. The molecule has 2 fully saturated rings. The Morgan fingerprint density at radius 3 is 2.40 bits per heavy atom. The van der Waals surface area contributed by atoms with Crippen molar-refractivity contribution >= 4 is 0 Å². The lowest BCUT2D eigenvalue weighted by Crippen LogP contribution is -2.50. The summed E-state index contributed by atoms with van der Waals surface area (Å²) >= 11 is 0. The van der Waals surface area contributed by atoms with Crippen LogP contribution in [0.25, 0.3) is 0 Å². The number of aliphatic hydroxyl groups excluding tert-OH is 1. The molecule has 0 aromatic carbocycles. The van der Waals surface area contributed by atoms with Crippen LogP contribution in [-0.4, -0.2) is 42.8 Å². The monoisotopic (exact) mass is 215 g/mol. The van der Waals surface area contributed by atoms with E-state index in [0.717, 1.165) is 19.4 Å². The number of nitrogens with one attached hydrogen (secondary N) is 1. The molecule has 0 amide bonds. The first-order valence-electron chi connectivity index (χ1n) is 5.74. The van der Waals surface area contributed by atoms with Crippen LogP contribution >= 0.6 is 0 Å². The van der Waals surface area contributed by atoms with Gasteiger partial charge in [0.2, 0.25) is 0 Å². The summed E-state index contributed by atoms with van der Waals surface area (Å²) in [7, 11) is 0. The van der Waals surface area contributed by atoms with Crippen LogP contribution in [0.3, 0.4) is 0 Å². The Balaban J connectivity index is 1.61. The highest BCUT2D eigenvalue weighted by Gasteiger charge is 2.30. The highest BCUT2D eigenvalue weighted by molar-refractivity contribution is 4.82. The van der Waals surface area contributed by atoms with Crippen LogP contribution in [0.5, 0.6) is 0 Å². The Kier molecular flexibility index (Phi) is 3.30. The second kappa shape index (κ2) is 4.37. The molecule has 4 heteroatoms. The molecule has 0 radical (unpaired) electrons. The van der Waals surface area contributed by atoms with Crippen LogP contribution in [0.2, 0.25) is 0 Å². The van der Waals surface area contributed by atoms with Gasteiger partial charge in [-0.15, -0.1) is 0 Å². The van der Waals surface area contributed by atoms with Gasteiger partial charge in [0.1, 0.15) is 0 Å². The molecule has 2 rings (SSSR count). The summed E-state index contributed by atoms with van der Waals surface area (Å²) in [5, 5.41) is 12.6. The van der Waals surface area contributed by atoms with E-state index < -0.39 is 5.79 Å². The van der Waals surface area contributed by atoms with Crippen molar-refractivity contribution < 1.29 is 14.6 Å². The summed E-state index contributed by atoms with van der Waals surface area (Å²) in [6.45, 7) is 6.26. The second-order valence-electron chi connectivity index (χ2n) is 5.12. The highest BCUT2D eigenvalue weighted by Crippen LogP contribution is 2.26. The van der Waals surface area contributed by atoms with E-state index in [1.54, 1.807) is 0 Å². The highest BCUT2D eigenvalue weighted by atomic mass is 16.7. The van der Waals surface area contributed by atoms with Gasteiger partial charge in [0.15, 0.2) is 5.79 Å². The quantitative estimate of drug-likeness (QED) is 0.720. The number of hydrogen-bond donors (Lipinski definition) is 2. The van der Waals surface area contributed by atoms with Gasteiger partial charge in [-0.2, -0.15) is 0 Å². The first kappa shape index (κ1) is 11.3. The normalized spacial score (nSPS) is 36.2. The zero-order chi connectivity index (χ0) is 10.9. The average Bonchev–Trinajstić information content (AvgIpc) is 2.12. The lowest BCUT2D eigenvalue weighted by Gasteiger charge is -2.37. The standard InChI is InChI=1S/C11H21NO3/c1-11(2)14-6-9(7-15-11)12-5-8-3-10(13)4-8/h8-10,12-13H,3-7H2,1-2H3. The van der Waals surface area contributed by atoms with Crippen molar-refractivity contribution in [2.24, 2.45) is 5.92 Å². The molecule has 88 valence electrons. The molecule has 4 nitrogen and oxygen atoms in total. The van der Waals surface area contributed by atoms with Gasteiger partial charge in [-0.1, -0.05) is 0 Å². The van der Waals surface area contributed by atoms with Gasteiger partial charge in [0.05, 0.1) is 25.4 Å². The minimum Gasteiger partial charge on any atom is -0.393 e. The van der Waals surface area contributed by atoms with Crippen LogP contribution < -0.4 is 5.32 Å². The molecule has 1 heterocycles. The fraction of sp³-hybridized carbons (Fsp3) is 1.00. The van der Waals surface area contributed by atoms with Crippen molar-refractivity contribution in [3.8, 4) is 0 Å². The molecule has 0 atom stereocenters. The molecule has 0 unspecified atom stereocenters. The Labute approximate surface area is 90.9 Å². The summed E-state index contributed by atoms with van der Waals surface area (Å²) in [5.41, 5.74) is 0. The van der Waals surface area contributed by atoms with Gasteiger partial charge in [0, 0.05) is 0 Å². The van der Waals surface area contributed by atoms with Gasteiger partial charge in [0.25, 0.3) is 0 Å². The molecule has 0 aromatic rings. The number of aliphatic hydroxyl groups is 1. The fourth-order valence-electron chi connectivity index (χ4n) is 2.01. The van der Waals surface area contributed by atoms with Crippen molar-refractivity contribution in [1.82, 2.24) is 5.32 Å². The number of rotatable bonds is 3. The summed E-state index contributed by atoms with van der Waals surface area (Å²) in [6.07, 6.45) is 1.81. The predicted molar refractivity (Wildman–Crippen MR) is 56.5 cm³/mol. The minimum atomic E-state index is -0.426. The van der Waals surface area contributed by atoms with Crippen molar-refractivity contribution in [2.75, 3.05) is 19.8 Å². The van der Waals surface area contributed by atoms with Crippen molar-refractivity contribution in [3.05, 3.63) is 0 Å². The SMILES string of the molecule is CC1(C)OCC(NCC2CC(O)C2)CO1. The maximum atomic E-state index is 9.15. The van der Waals surface area contributed by atoms with Gasteiger partial charge in [-0.05, 0) is 39.2 Å². The third kappa shape index (κ3) is 3.14. The van der Waals surface area contributed by atoms with E-state index in [0.29, 0.717) is 25.2 Å². The maximum absolute atomic E-state index is 9.15. The Hall–Kier alpha value is -0.160. The van der Waals surface area contributed by atoms with Crippen LogP contribution in [0.4, 0.5) is 0 Å². The number of ether oxygens (including phenoxy) is 2. The molecule has 0 spiro atoms. The van der Waals surface area contributed by atoms with Crippen molar-refractivity contribution in [3.63, 3.8) is 0 Å². The molecule has 1 aliphatic heterocycles. The maximum Gasteiger partial charge on any atom is 0.162 e. The molecule has 2 aliphatic rings. The molecule has 0 aromatic heterocycles. The van der Waals surface area contributed by atoms with E-state index in [-0.39, 0.29) is 6.10 Å². The second-order valence-corrected chi connectivity index (χ2v) is 5.12. The molecule has 2 N–H and O–H groups in total. The summed E-state index contributed by atoms with van der Waals surface area (Å²) < 4.78 is 11.1. The zero-order valence-corrected chi connectivity index (χ0v) is 9.53. The molecule has 1 saturated carbocycles. The van der Waals surface area contributed by atoms with Crippen LogP contribution in [0, 0.1) is 5.92 Å². The molecule has 0 bridgehead atoms. The largest absolute Gasteiger partial charge is 0.393 e. The Morgan fingerprint density at radius 1 is 1.27 bits per heavy atom. The van der Waals surface area contributed by atoms with E-state index >= 15 is 0 Å². The first-order valence-corrected chi connectivity index (χ1v) is 5.74. The zero-order valence-electron chi connectivity index (χ0n) is 9.53. The average molecular weight is 215 g/mol. The van der Waals surface area contributed by atoms with Crippen LogP contribution in [0.1, 0.15) is 26.7 Å². The molecular weight excluding hydrogens is 194 g/mol. The van der Waals surface area contributed by atoms with E-state index in [1.165, 1.54) is 0 Å². The lowest BCUT2D eigenvalue weighted by atomic mass is 9.82. The fourth-order valence-corrected chi connectivity index (χ4v) is 2.01. The van der Waals surface area contributed by atoms with E-state index in [4.69, 9.17) is 14.6 Å². The number of hydrogen-bond acceptors (Lipinski definition) is 4. The van der Waals surface area contributed by atoms with Crippen LogP contribution in [0.15, 0.2) is 0 Å². The van der Waals surface area contributed by atoms with Gasteiger partial charge in [-0.25, -0.2) is 0 Å². The summed E-state index contributed by atoms with van der Waals surface area (Å²) in [5.74, 6) is 0.208. The van der Waals surface area contributed by atoms with E-state index in [2.05, 4.69) is 5.32 Å². The predicted octanol–water partition coefficient (Wildman–Crippen LogP) is 0.498. The summed E-state index contributed by atoms with van der Waals surface area (Å²) in [4.78, 5) is 0. The molecule has 15 heavy (non-hydrogen) atoms. The third-order valence-corrected chi connectivity index (χ3v) is 3.17. The minimum absolute atomic E-state index is 0.0606. The van der Waals surface area contributed by atoms with Gasteiger partial charge >= 0.3 is 0 Å². The molecular formula is C11H21NO3. The molecule has 1 saturated heterocycles. The Bertz CT molecular complexity index is 204. The topological polar surface area (TPSA) is 50.7 Å². The van der Waals surface area contributed by atoms with Gasteiger partial charge in [-0.3, -0.25) is 0 Å².